The molecule has 1 aliphatic rings. The van der Waals surface area contributed by atoms with E-state index in [0.29, 0.717) is 45.1 Å². The monoisotopic (exact) mass is 412 g/mol. The van der Waals surface area contributed by atoms with Crippen LogP contribution in [0.15, 0.2) is 30.9 Å². The quantitative estimate of drug-likeness (QED) is 0.660. The molecule has 1 saturated heterocycles. The van der Waals surface area contributed by atoms with Crippen LogP contribution in [0, 0.1) is 0 Å². The zero-order valence-electron chi connectivity index (χ0n) is 16.4. The SMILES string of the molecule is C=CC(=O)C[C@@H](c1ccc(O)c(OCC)c1)N1CCN(C(=O)OCC)CC1.Cl. The molecule has 0 bridgehead atoms. The molecule has 1 aliphatic heterocycles. The van der Waals surface area contributed by atoms with E-state index in [1.165, 1.54) is 6.08 Å². The van der Waals surface area contributed by atoms with Crippen LogP contribution in [0.4, 0.5) is 4.79 Å². The van der Waals surface area contributed by atoms with E-state index in [0.717, 1.165) is 5.56 Å². The van der Waals surface area contributed by atoms with E-state index in [-0.39, 0.29) is 42.5 Å². The highest BCUT2D eigenvalue weighted by Crippen LogP contribution is 2.33. The summed E-state index contributed by atoms with van der Waals surface area (Å²) in [4.78, 5) is 27.8. The number of hydrogen-bond acceptors (Lipinski definition) is 6. The molecule has 0 spiro atoms. The van der Waals surface area contributed by atoms with E-state index in [1.807, 2.05) is 6.92 Å². The molecular weight excluding hydrogens is 384 g/mol. The van der Waals surface area contributed by atoms with Crippen molar-refractivity contribution in [3.8, 4) is 11.5 Å². The summed E-state index contributed by atoms with van der Waals surface area (Å²) in [5.74, 6) is 0.414. The number of amides is 1. The number of carbonyl (C=O) groups is 2. The largest absolute Gasteiger partial charge is 0.504 e. The van der Waals surface area contributed by atoms with Gasteiger partial charge in [-0.2, -0.15) is 0 Å². The lowest BCUT2D eigenvalue weighted by Crippen LogP contribution is -2.50. The van der Waals surface area contributed by atoms with Gasteiger partial charge in [0.2, 0.25) is 0 Å². The van der Waals surface area contributed by atoms with Gasteiger partial charge in [0, 0.05) is 38.6 Å². The number of nitrogens with zero attached hydrogens (tertiary/aromatic N) is 2. The van der Waals surface area contributed by atoms with Crippen LogP contribution in [0.2, 0.25) is 0 Å². The summed E-state index contributed by atoms with van der Waals surface area (Å²) in [5.41, 5.74) is 0.885. The number of allylic oxidation sites excluding steroid dienone is 1. The van der Waals surface area contributed by atoms with Gasteiger partial charge in [0.15, 0.2) is 17.3 Å². The number of benzene rings is 1. The van der Waals surface area contributed by atoms with Gasteiger partial charge < -0.3 is 19.5 Å². The van der Waals surface area contributed by atoms with Gasteiger partial charge in [-0.25, -0.2) is 4.79 Å². The van der Waals surface area contributed by atoms with Crippen molar-refractivity contribution in [2.75, 3.05) is 39.4 Å². The first-order chi connectivity index (χ1) is 13.0. The highest BCUT2D eigenvalue weighted by atomic mass is 35.5. The molecule has 1 N–H and O–H groups in total. The molecule has 0 radical (unpaired) electrons. The summed E-state index contributed by atoms with van der Waals surface area (Å²) in [6, 6.07) is 4.98. The molecule has 156 valence electrons. The van der Waals surface area contributed by atoms with Crippen molar-refractivity contribution in [3.05, 3.63) is 36.4 Å². The number of carbonyl (C=O) groups excluding carboxylic acids is 2. The van der Waals surface area contributed by atoms with Crippen LogP contribution in [0.5, 0.6) is 11.5 Å². The number of ether oxygens (including phenoxy) is 2. The van der Waals surface area contributed by atoms with Gasteiger partial charge in [-0.05, 0) is 37.6 Å². The Hall–Kier alpha value is -2.25. The Morgan fingerprint density at radius 1 is 1.21 bits per heavy atom. The number of ketones is 1. The van der Waals surface area contributed by atoms with Crippen molar-refractivity contribution in [2.45, 2.75) is 26.3 Å². The van der Waals surface area contributed by atoms with Crippen molar-refractivity contribution in [2.24, 2.45) is 0 Å². The predicted molar refractivity (Wildman–Crippen MR) is 109 cm³/mol. The van der Waals surface area contributed by atoms with Crippen molar-refractivity contribution in [1.82, 2.24) is 9.80 Å². The number of hydrogen-bond donors (Lipinski definition) is 1. The number of phenols is 1. The van der Waals surface area contributed by atoms with Crippen LogP contribution in [0.25, 0.3) is 0 Å². The number of phenolic OH excluding ortho intramolecular Hbond substituents is 1. The third kappa shape index (κ3) is 6.14. The molecule has 1 heterocycles. The summed E-state index contributed by atoms with van der Waals surface area (Å²) in [6.07, 6.45) is 1.30. The lowest BCUT2D eigenvalue weighted by molar-refractivity contribution is -0.116. The molecule has 0 unspecified atom stereocenters. The van der Waals surface area contributed by atoms with Gasteiger partial charge in [-0.1, -0.05) is 12.6 Å². The second kappa shape index (κ2) is 11.6. The van der Waals surface area contributed by atoms with Gasteiger partial charge in [-0.15, -0.1) is 12.4 Å². The van der Waals surface area contributed by atoms with E-state index in [1.54, 1.807) is 30.0 Å². The molecule has 1 aromatic rings. The topological polar surface area (TPSA) is 79.3 Å². The maximum Gasteiger partial charge on any atom is 0.409 e. The molecule has 1 fully saturated rings. The molecule has 1 aromatic carbocycles. The summed E-state index contributed by atoms with van der Waals surface area (Å²) in [7, 11) is 0. The normalized spacial score (nSPS) is 15.3. The maximum absolute atomic E-state index is 12.1. The second-order valence-corrected chi connectivity index (χ2v) is 6.27. The van der Waals surface area contributed by atoms with Gasteiger partial charge >= 0.3 is 6.09 Å². The molecule has 0 aliphatic carbocycles. The molecule has 0 saturated carbocycles. The second-order valence-electron chi connectivity index (χ2n) is 6.27. The van der Waals surface area contributed by atoms with Gasteiger partial charge in [0.05, 0.1) is 13.2 Å². The smallest absolute Gasteiger partial charge is 0.409 e. The van der Waals surface area contributed by atoms with Crippen molar-refractivity contribution >= 4 is 24.3 Å². The summed E-state index contributed by atoms with van der Waals surface area (Å²) < 4.78 is 10.5. The van der Waals surface area contributed by atoms with E-state index >= 15 is 0 Å². The third-order valence-electron chi connectivity index (χ3n) is 4.57. The van der Waals surface area contributed by atoms with Crippen LogP contribution in [0.1, 0.15) is 31.9 Å². The highest BCUT2D eigenvalue weighted by molar-refractivity contribution is 5.89. The van der Waals surface area contributed by atoms with Crippen LogP contribution in [0.3, 0.4) is 0 Å². The predicted octanol–water partition coefficient (Wildman–Crippen LogP) is 3.17. The Morgan fingerprint density at radius 3 is 2.46 bits per heavy atom. The number of piperazine rings is 1. The van der Waals surface area contributed by atoms with Crippen molar-refractivity contribution in [3.63, 3.8) is 0 Å². The Labute approximate surface area is 172 Å². The first-order valence-corrected chi connectivity index (χ1v) is 9.26. The zero-order chi connectivity index (χ0) is 19.8. The molecule has 8 heteroatoms. The minimum atomic E-state index is -0.306. The minimum Gasteiger partial charge on any atom is -0.504 e. The van der Waals surface area contributed by atoms with Gasteiger partial charge in [0.25, 0.3) is 0 Å². The van der Waals surface area contributed by atoms with E-state index in [2.05, 4.69) is 11.5 Å². The van der Waals surface area contributed by atoms with Crippen LogP contribution in [-0.4, -0.2) is 66.2 Å². The summed E-state index contributed by atoms with van der Waals surface area (Å²) in [5, 5.41) is 9.95. The summed E-state index contributed by atoms with van der Waals surface area (Å²) in [6.45, 7) is 10.3. The molecule has 7 nitrogen and oxygen atoms in total. The number of rotatable bonds is 8. The Balaban J connectivity index is 0.00000392. The average Bonchev–Trinajstić information content (AvgIpc) is 2.68. The van der Waals surface area contributed by atoms with Crippen LogP contribution >= 0.6 is 12.4 Å². The fourth-order valence-corrected chi connectivity index (χ4v) is 3.17. The fraction of sp³-hybridized carbons (Fsp3) is 0.500. The Bertz CT molecular complexity index is 675. The Morgan fingerprint density at radius 2 is 1.89 bits per heavy atom. The van der Waals surface area contributed by atoms with Crippen LogP contribution in [-0.2, 0) is 9.53 Å². The molecule has 0 aromatic heterocycles. The zero-order valence-corrected chi connectivity index (χ0v) is 17.2. The van der Waals surface area contributed by atoms with E-state index in [4.69, 9.17) is 9.47 Å². The standard InChI is InChI=1S/C20H28N2O5.ClH/c1-4-16(23)14-17(15-7-8-18(24)19(13-15)26-5-2)21-9-11-22(12-10-21)20(25)27-6-3;/h4,7-8,13,17,24H,1,5-6,9-12,14H2,2-3H3;1H/t17-;/m0./s1. The maximum atomic E-state index is 12.1. The molecule has 28 heavy (non-hydrogen) atoms. The fourth-order valence-electron chi connectivity index (χ4n) is 3.17. The lowest BCUT2D eigenvalue weighted by atomic mass is 9.98. The molecule has 2 rings (SSSR count). The Kier molecular flexibility index (Phi) is 9.82. The van der Waals surface area contributed by atoms with E-state index < -0.39 is 0 Å². The van der Waals surface area contributed by atoms with Gasteiger partial charge in [0.1, 0.15) is 0 Å². The number of aromatic hydroxyl groups is 1. The van der Waals surface area contributed by atoms with Crippen molar-refractivity contribution < 1.29 is 24.2 Å². The summed E-state index contributed by atoms with van der Waals surface area (Å²) >= 11 is 0. The van der Waals surface area contributed by atoms with Gasteiger partial charge in [-0.3, -0.25) is 9.69 Å². The molecular formula is C20H29ClN2O5. The number of halogens is 1. The first-order valence-electron chi connectivity index (χ1n) is 9.26. The molecule has 1 atom stereocenters. The average molecular weight is 413 g/mol. The third-order valence-corrected chi connectivity index (χ3v) is 4.57. The first kappa shape index (κ1) is 23.8. The van der Waals surface area contributed by atoms with Crippen LogP contribution < -0.4 is 4.74 Å². The molecule has 1 amide bonds. The highest BCUT2D eigenvalue weighted by Gasteiger charge is 2.29. The van der Waals surface area contributed by atoms with E-state index in [9.17, 15) is 14.7 Å². The van der Waals surface area contributed by atoms with Crippen molar-refractivity contribution in [1.29, 1.82) is 0 Å². The minimum absolute atomic E-state index is 0. The lowest BCUT2D eigenvalue weighted by Gasteiger charge is -2.38.